The quantitative estimate of drug-likeness (QED) is 0.330. The standard InChI is InChI=1S/C19H22ClN5O3/c1-9-6-13-18(24-21)22-8-23-19(13)25(9)14-7-12(16(27)17(14)28)15(26)10-2-4-11(20)5-3-10/h2-6,8,12,14-17,26-28H,7,21H2,1H3,(H,22,23,24)/t12-,14-,15-,16-,17+/m1/s1. The molecule has 4 rings (SSSR count). The molecule has 0 saturated heterocycles. The number of fused-ring (bicyclic) bond motifs is 1. The van der Waals surface area contributed by atoms with Crippen molar-refractivity contribution in [2.75, 3.05) is 0 Å². The maximum atomic E-state index is 10.8. The van der Waals surface area contributed by atoms with E-state index in [0.29, 0.717) is 28.1 Å². The second kappa shape index (κ2) is 7.21. The Morgan fingerprint density at radius 1 is 1.29 bits per heavy atom. The molecule has 2 aromatic heterocycles. The van der Waals surface area contributed by atoms with Gasteiger partial charge in [-0.3, -0.25) is 0 Å². The summed E-state index contributed by atoms with van der Waals surface area (Å²) in [5.74, 6) is 4.89. The molecule has 0 unspecified atom stereocenters. The van der Waals surface area contributed by atoms with Gasteiger partial charge in [-0.25, -0.2) is 4.98 Å². The van der Waals surface area contributed by atoms with E-state index in [9.17, 15) is 15.3 Å². The molecule has 3 aromatic rings. The van der Waals surface area contributed by atoms with Crippen LogP contribution in [0.3, 0.4) is 0 Å². The summed E-state index contributed by atoms with van der Waals surface area (Å²) in [5, 5.41) is 37.2. The number of aromatic amines is 1. The van der Waals surface area contributed by atoms with E-state index < -0.39 is 30.3 Å². The summed E-state index contributed by atoms with van der Waals surface area (Å²) < 4.78 is 1.91. The zero-order chi connectivity index (χ0) is 20.0. The molecule has 1 aliphatic rings. The Hall–Kier alpha value is -2.39. The molecular formula is C19H22ClN5O3. The van der Waals surface area contributed by atoms with Crippen molar-refractivity contribution in [1.29, 1.82) is 0 Å². The first-order valence-electron chi connectivity index (χ1n) is 9.01. The summed E-state index contributed by atoms with van der Waals surface area (Å²) in [6, 6.07) is 8.29. The smallest absolute Gasteiger partial charge is 0.183 e. The van der Waals surface area contributed by atoms with Crippen molar-refractivity contribution in [2.45, 2.75) is 37.7 Å². The Morgan fingerprint density at radius 2 is 2.00 bits per heavy atom. The number of hydrogen-bond acceptors (Lipinski definition) is 6. The zero-order valence-corrected chi connectivity index (χ0v) is 16.0. The van der Waals surface area contributed by atoms with E-state index in [-0.39, 0.29) is 0 Å². The maximum absolute atomic E-state index is 10.8. The molecule has 1 saturated carbocycles. The van der Waals surface area contributed by atoms with Crippen LogP contribution in [-0.4, -0.2) is 42.1 Å². The highest BCUT2D eigenvalue weighted by Gasteiger charge is 2.46. The van der Waals surface area contributed by atoms with E-state index in [0.717, 1.165) is 11.1 Å². The molecule has 1 aliphatic carbocycles. The van der Waals surface area contributed by atoms with Gasteiger partial charge in [-0.2, -0.15) is 5.10 Å². The van der Waals surface area contributed by atoms with Crippen LogP contribution in [0, 0.1) is 12.8 Å². The van der Waals surface area contributed by atoms with Crippen LogP contribution in [0.4, 0.5) is 0 Å². The van der Waals surface area contributed by atoms with Crippen LogP contribution in [0.5, 0.6) is 0 Å². The van der Waals surface area contributed by atoms with Gasteiger partial charge in [0.15, 0.2) is 5.49 Å². The van der Waals surface area contributed by atoms with Gasteiger partial charge in [0.1, 0.15) is 11.8 Å². The van der Waals surface area contributed by atoms with Crippen molar-refractivity contribution >= 4 is 22.6 Å². The SMILES string of the molecule is Cc1cc2/c(=N\N)nc[nH]c2n1[C@@H]1C[C@H]([C@H](O)c2ccc(Cl)cc2)[C@@H](O)[C@H]1O. The average molecular weight is 404 g/mol. The minimum absolute atomic E-state index is 0.390. The molecule has 8 nitrogen and oxygen atoms in total. The van der Waals surface area contributed by atoms with E-state index in [2.05, 4.69) is 15.1 Å². The predicted octanol–water partition coefficient (Wildman–Crippen LogP) is 1.12. The highest BCUT2D eigenvalue weighted by atomic mass is 35.5. The number of aliphatic hydroxyl groups excluding tert-OH is 3. The summed E-state index contributed by atoms with van der Waals surface area (Å²) in [6.07, 6.45) is -1.16. The van der Waals surface area contributed by atoms with Gasteiger partial charge in [0.05, 0.1) is 30.0 Å². The second-order valence-corrected chi connectivity index (χ2v) is 7.65. The lowest BCUT2D eigenvalue weighted by Crippen LogP contribution is -2.31. The normalized spacial score (nSPS) is 26.8. The van der Waals surface area contributed by atoms with E-state index in [1.165, 1.54) is 6.33 Å². The summed E-state index contributed by atoms with van der Waals surface area (Å²) in [6.45, 7) is 1.90. The van der Waals surface area contributed by atoms with E-state index in [1.54, 1.807) is 24.3 Å². The van der Waals surface area contributed by atoms with Gasteiger partial charge < -0.3 is 30.7 Å². The van der Waals surface area contributed by atoms with E-state index >= 15 is 0 Å². The van der Waals surface area contributed by atoms with Gasteiger partial charge in [0, 0.05) is 16.6 Å². The number of H-pyrrole nitrogens is 1. The number of rotatable bonds is 3. The zero-order valence-electron chi connectivity index (χ0n) is 15.2. The molecular weight excluding hydrogens is 382 g/mol. The number of nitrogens with zero attached hydrogens (tertiary/aromatic N) is 3. The van der Waals surface area contributed by atoms with Crippen molar-refractivity contribution in [3.05, 3.63) is 58.4 Å². The number of aliphatic hydroxyl groups is 3. The van der Waals surface area contributed by atoms with Crippen molar-refractivity contribution in [3.8, 4) is 0 Å². The molecule has 0 radical (unpaired) electrons. The summed E-state index contributed by atoms with van der Waals surface area (Å²) in [4.78, 5) is 7.18. The fourth-order valence-electron chi connectivity index (χ4n) is 4.24. The van der Waals surface area contributed by atoms with Gasteiger partial charge in [0.2, 0.25) is 0 Å². The van der Waals surface area contributed by atoms with Crippen molar-refractivity contribution in [2.24, 2.45) is 16.9 Å². The fourth-order valence-corrected chi connectivity index (χ4v) is 4.37. The summed E-state index contributed by atoms with van der Waals surface area (Å²) in [7, 11) is 0. The first kappa shape index (κ1) is 18.9. The second-order valence-electron chi connectivity index (χ2n) is 7.22. The number of benzene rings is 1. The van der Waals surface area contributed by atoms with E-state index in [4.69, 9.17) is 17.4 Å². The number of hydrogen-bond donors (Lipinski definition) is 5. The summed E-state index contributed by atoms with van der Waals surface area (Å²) >= 11 is 5.92. The molecule has 1 fully saturated rings. The maximum Gasteiger partial charge on any atom is 0.183 e. The Bertz CT molecular complexity index is 1060. The van der Waals surface area contributed by atoms with Crippen LogP contribution < -0.4 is 11.3 Å². The Morgan fingerprint density at radius 3 is 2.68 bits per heavy atom. The van der Waals surface area contributed by atoms with Crippen LogP contribution in [-0.2, 0) is 0 Å². The lowest BCUT2D eigenvalue weighted by molar-refractivity contribution is -0.0265. The molecule has 28 heavy (non-hydrogen) atoms. The number of halogens is 1. The molecule has 0 amide bonds. The highest BCUT2D eigenvalue weighted by molar-refractivity contribution is 6.30. The molecule has 2 heterocycles. The molecule has 9 heteroatoms. The number of nitrogens with two attached hydrogens (primary N) is 1. The minimum Gasteiger partial charge on any atom is -0.390 e. The first-order valence-corrected chi connectivity index (χ1v) is 9.39. The van der Waals surface area contributed by atoms with Crippen LogP contribution in [0.15, 0.2) is 41.8 Å². The molecule has 0 bridgehead atoms. The van der Waals surface area contributed by atoms with Crippen molar-refractivity contribution in [3.63, 3.8) is 0 Å². The van der Waals surface area contributed by atoms with Gasteiger partial charge in [-0.1, -0.05) is 23.7 Å². The lowest BCUT2D eigenvalue weighted by atomic mass is 9.92. The first-order chi connectivity index (χ1) is 13.4. The topological polar surface area (TPSA) is 133 Å². The minimum atomic E-state index is -1.08. The molecule has 1 aromatic carbocycles. The Balaban J connectivity index is 1.72. The lowest BCUT2D eigenvalue weighted by Gasteiger charge is -2.22. The largest absolute Gasteiger partial charge is 0.390 e. The number of nitrogens with one attached hydrogen (secondary N) is 1. The average Bonchev–Trinajstić information content (AvgIpc) is 3.17. The Kier molecular flexibility index (Phi) is 4.88. The molecule has 6 N–H and O–H groups in total. The third-order valence-corrected chi connectivity index (χ3v) is 5.88. The van der Waals surface area contributed by atoms with Crippen LogP contribution in [0.25, 0.3) is 11.0 Å². The van der Waals surface area contributed by atoms with Gasteiger partial charge in [0.25, 0.3) is 0 Å². The molecule has 0 spiro atoms. The summed E-state index contributed by atoms with van der Waals surface area (Å²) in [5.41, 5.74) is 2.60. The fraction of sp³-hybridized carbons (Fsp3) is 0.368. The molecule has 0 aliphatic heterocycles. The van der Waals surface area contributed by atoms with E-state index in [1.807, 2.05) is 17.6 Å². The third-order valence-electron chi connectivity index (χ3n) is 5.63. The monoisotopic (exact) mass is 403 g/mol. The highest BCUT2D eigenvalue weighted by Crippen LogP contribution is 2.43. The van der Waals surface area contributed by atoms with Crippen molar-refractivity contribution in [1.82, 2.24) is 14.5 Å². The van der Waals surface area contributed by atoms with Crippen molar-refractivity contribution < 1.29 is 15.3 Å². The van der Waals surface area contributed by atoms with Crippen LogP contribution in [0.1, 0.15) is 29.8 Å². The van der Waals surface area contributed by atoms with Crippen LogP contribution >= 0.6 is 11.6 Å². The molecule has 148 valence electrons. The number of aryl methyl sites for hydroxylation is 1. The third kappa shape index (κ3) is 2.98. The van der Waals surface area contributed by atoms with Gasteiger partial charge in [-0.05, 0) is 37.1 Å². The predicted molar refractivity (Wildman–Crippen MR) is 104 cm³/mol. The Labute approximate surface area is 165 Å². The van der Waals surface area contributed by atoms with Crippen LogP contribution in [0.2, 0.25) is 5.02 Å². The van der Waals surface area contributed by atoms with Gasteiger partial charge >= 0.3 is 0 Å². The molecule has 5 atom stereocenters. The van der Waals surface area contributed by atoms with Gasteiger partial charge in [-0.15, -0.1) is 0 Å². The number of aromatic nitrogens is 3.